The summed E-state index contributed by atoms with van der Waals surface area (Å²) >= 11 is 3.05. The van der Waals surface area contributed by atoms with Crippen LogP contribution in [0, 0.1) is 5.82 Å². The van der Waals surface area contributed by atoms with Crippen molar-refractivity contribution in [3.8, 4) is 0 Å². The van der Waals surface area contributed by atoms with Gasteiger partial charge in [0, 0.05) is 43.2 Å². The zero-order valence-corrected chi connectivity index (χ0v) is 19.0. The number of rotatable bonds is 9. The lowest BCUT2D eigenvalue weighted by atomic mass is 10.3. The highest BCUT2D eigenvalue weighted by Gasteiger charge is 2.21. The molecular weight excluding hydrogens is 433 g/mol. The van der Waals surface area contributed by atoms with Gasteiger partial charge in [-0.2, -0.15) is 0 Å². The van der Waals surface area contributed by atoms with Crippen LogP contribution >= 0.6 is 23.1 Å². The zero-order chi connectivity index (χ0) is 21.5. The van der Waals surface area contributed by atoms with Crippen LogP contribution in [0.4, 0.5) is 9.52 Å². The molecule has 0 radical (unpaired) electrons. The number of amides is 1. The summed E-state index contributed by atoms with van der Waals surface area (Å²) in [6.45, 7) is 4.85. The van der Waals surface area contributed by atoms with E-state index in [0.717, 1.165) is 48.9 Å². The Morgan fingerprint density at radius 1 is 1.16 bits per heavy atom. The van der Waals surface area contributed by atoms with E-state index in [9.17, 15) is 9.18 Å². The number of hydrogen-bond acceptors (Lipinski definition) is 6. The third-order valence-electron chi connectivity index (χ3n) is 5.18. The third-order valence-corrected chi connectivity index (χ3v) is 7.24. The quantitative estimate of drug-likeness (QED) is 0.435. The smallest absolute Gasteiger partial charge is 0.229 e. The molecule has 1 aliphatic heterocycles. The average Bonchev–Trinajstić information content (AvgIpc) is 3.23. The number of fused-ring (bicyclic) bond motifs is 1. The second-order valence-electron chi connectivity index (χ2n) is 7.35. The number of carbonyl (C=O) groups is 1. The number of hydrogen-bond donors (Lipinski definition) is 0. The van der Waals surface area contributed by atoms with Crippen molar-refractivity contribution in [1.82, 2.24) is 9.88 Å². The molecule has 0 spiro atoms. The molecule has 1 saturated heterocycles. The Kier molecular flexibility index (Phi) is 7.91. The van der Waals surface area contributed by atoms with Crippen molar-refractivity contribution in [2.45, 2.75) is 17.7 Å². The fourth-order valence-corrected chi connectivity index (χ4v) is 5.42. The first-order valence-electron chi connectivity index (χ1n) is 10.5. The molecule has 0 bridgehead atoms. The molecule has 4 rings (SSSR count). The molecule has 2 aromatic carbocycles. The fraction of sp³-hybridized carbons (Fsp3) is 0.391. The van der Waals surface area contributed by atoms with Crippen LogP contribution in [0.5, 0.6) is 0 Å². The van der Waals surface area contributed by atoms with Crippen molar-refractivity contribution >= 4 is 44.4 Å². The Bertz CT molecular complexity index is 993. The van der Waals surface area contributed by atoms with E-state index < -0.39 is 0 Å². The van der Waals surface area contributed by atoms with Crippen LogP contribution in [0.15, 0.2) is 53.4 Å². The summed E-state index contributed by atoms with van der Waals surface area (Å²) in [4.78, 5) is 22.9. The predicted octanol–water partition coefficient (Wildman–Crippen LogP) is 4.67. The normalized spacial score (nSPS) is 14.7. The largest absolute Gasteiger partial charge is 0.379 e. The predicted molar refractivity (Wildman–Crippen MR) is 126 cm³/mol. The van der Waals surface area contributed by atoms with Gasteiger partial charge in [-0.1, -0.05) is 35.6 Å². The summed E-state index contributed by atoms with van der Waals surface area (Å²) in [6, 6.07) is 15.0. The molecule has 0 saturated carbocycles. The number of benzene rings is 2. The second kappa shape index (κ2) is 11.0. The summed E-state index contributed by atoms with van der Waals surface area (Å²) < 4.78 is 20.3. The first kappa shape index (κ1) is 22.2. The minimum atomic E-state index is -0.347. The van der Waals surface area contributed by atoms with Crippen LogP contribution in [-0.2, 0) is 9.53 Å². The van der Waals surface area contributed by atoms with Gasteiger partial charge in [0.1, 0.15) is 11.3 Å². The van der Waals surface area contributed by atoms with Gasteiger partial charge in [-0.05, 0) is 30.7 Å². The van der Waals surface area contributed by atoms with Crippen LogP contribution in [0.1, 0.15) is 12.8 Å². The lowest BCUT2D eigenvalue weighted by molar-refractivity contribution is -0.118. The van der Waals surface area contributed by atoms with Crippen molar-refractivity contribution in [2.24, 2.45) is 0 Å². The highest BCUT2D eigenvalue weighted by Crippen LogP contribution is 2.31. The molecule has 2 heterocycles. The Morgan fingerprint density at radius 3 is 2.74 bits per heavy atom. The van der Waals surface area contributed by atoms with Crippen molar-refractivity contribution in [2.75, 3.05) is 50.0 Å². The van der Waals surface area contributed by atoms with Gasteiger partial charge < -0.3 is 4.74 Å². The molecule has 8 heteroatoms. The van der Waals surface area contributed by atoms with Gasteiger partial charge in [-0.3, -0.25) is 14.6 Å². The number of nitrogens with zero attached hydrogens (tertiary/aromatic N) is 3. The molecule has 1 aromatic heterocycles. The number of para-hydroxylation sites is 1. The molecule has 1 amide bonds. The van der Waals surface area contributed by atoms with Gasteiger partial charge in [-0.15, -0.1) is 11.8 Å². The SMILES string of the molecule is O=C(CCSc1ccccc1)N(CCCN1CCOCC1)c1nc2c(F)cccc2s1. The van der Waals surface area contributed by atoms with E-state index in [1.807, 2.05) is 36.4 Å². The average molecular weight is 460 g/mol. The number of anilines is 1. The number of morpholine rings is 1. The molecule has 5 nitrogen and oxygen atoms in total. The molecule has 164 valence electrons. The molecule has 0 N–H and O–H groups in total. The minimum Gasteiger partial charge on any atom is -0.379 e. The van der Waals surface area contributed by atoms with E-state index in [-0.39, 0.29) is 11.7 Å². The summed E-state index contributed by atoms with van der Waals surface area (Å²) in [5.74, 6) is 0.382. The lowest BCUT2D eigenvalue weighted by Crippen LogP contribution is -2.39. The third kappa shape index (κ3) is 6.04. The van der Waals surface area contributed by atoms with E-state index in [4.69, 9.17) is 4.74 Å². The molecule has 0 atom stereocenters. The number of ether oxygens (including phenoxy) is 1. The van der Waals surface area contributed by atoms with Crippen molar-refractivity contribution in [3.05, 3.63) is 54.3 Å². The number of carbonyl (C=O) groups excluding carboxylic acids is 1. The van der Waals surface area contributed by atoms with Gasteiger partial charge in [0.05, 0.1) is 17.9 Å². The molecule has 31 heavy (non-hydrogen) atoms. The van der Waals surface area contributed by atoms with Crippen molar-refractivity contribution in [3.63, 3.8) is 0 Å². The highest BCUT2D eigenvalue weighted by molar-refractivity contribution is 7.99. The van der Waals surface area contributed by atoms with Crippen LogP contribution in [0.2, 0.25) is 0 Å². The molecule has 1 aliphatic rings. The molecule has 0 aliphatic carbocycles. The Labute approximate surface area is 190 Å². The standard InChI is InChI=1S/C23H26FN3O2S2/c24-19-8-4-9-20-22(19)25-23(31-20)27(12-5-11-26-13-15-29-16-14-26)21(28)10-17-30-18-6-2-1-3-7-18/h1-4,6-9H,5,10-17H2. The van der Waals surface area contributed by atoms with Crippen LogP contribution < -0.4 is 4.90 Å². The summed E-state index contributed by atoms with van der Waals surface area (Å²) in [5.41, 5.74) is 0.340. The maximum Gasteiger partial charge on any atom is 0.229 e. The lowest BCUT2D eigenvalue weighted by Gasteiger charge is -2.27. The maximum absolute atomic E-state index is 14.2. The number of thiazole rings is 1. The molecule has 0 unspecified atom stereocenters. The minimum absolute atomic E-state index is 0.0323. The number of halogens is 1. The van der Waals surface area contributed by atoms with Gasteiger partial charge in [0.2, 0.25) is 5.91 Å². The van der Waals surface area contributed by atoms with Crippen LogP contribution in [0.3, 0.4) is 0 Å². The zero-order valence-electron chi connectivity index (χ0n) is 17.3. The monoisotopic (exact) mass is 459 g/mol. The first-order valence-corrected chi connectivity index (χ1v) is 12.3. The molecular formula is C23H26FN3O2S2. The molecule has 3 aromatic rings. The van der Waals surface area contributed by atoms with E-state index in [0.29, 0.717) is 29.4 Å². The van der Waals surface area contributed by atoms with Gasteiger partial charge in [0.25, 0.3) is 0 Å². The summed E-state index contributed by atoms with van der Waals surface area (Å²) in [7, 11) is 0. The van der Waals surface area contributed by atoms with Crippen LogP contribution in [-0.4, -0.2) is 60.9 Å². The van der Waals surface area contributed by atoms with E-state index in [2.05, 4.69) is 9.88 Å². The Morgan fingerprint density at radius 2 is 1.97 bits per heavy atom. The first-order chi connectivity index (χ1) is 15.2. The van der Waals surface area contributed by atoms with E-state index >= 15 is 0 Å². The van der Waals surface area contributed by atoms with Crippen molar-refractivity contribution in [1.29, 1.82) is 0 Å². The summed E-state index contributed by atoms with van der Waals surface area (Å²) in [5, 5.41) is 0.580. The van der Waals surface area contributed by atoms with E-state index in [1.54, 1.807) is 22.7 Å². The fourth-order valence-electron chi connectivity index (χ4n) is 3.53. The second-order valence-corrected chi connectivity index (χ2v) is 9.52. The topological polar surface area (TPSA) is 45.7 Å². The van der Waals surface area contributed by atoms with E-state index in [1.165, 1.54) is 17.4 Å². The van der Waals surface area contributed by atoms with Gasteiger partial charge >= 0.3 is 0 Å². The highest BCUT2D eigenvalue weighted by atomic mass is 32.2. The Balaban J connectivity index is 1.42. The van der Waals surface area contributed by atoms with Gasteiger partial charge in [-0.25, -0.2) is 9.37 Å². The number of aromatic nitrogens is 1. The number of thioether (sulfide) groups is 1. The summed E-state index contributed by atoms with van der Waals surface area (Å²) in [6.07, 6.45) is 1.26. The van der Waals surface area contributed by atoms with Gasteiger partial charge in [0.15, 0.2) is 5.13 Å². The van der Waals surface area contributed by atoms with Crippen LogP contribution in [0.25, 0.3) is 10.2 Å². The molecule has 1 fully saturated rings. The Hall–Kier alpha value is -2.00. The maximum atomic E-state index is 14.2. The van der Waals surface area contributed by atoms with Crippen molar-refractivity contribution < 1.29 is 13.9 Å².